The lowest BCUT2D eigenvalue weighted by Crippen LogP contribution is -1.97. The first-order valence-corrected chi connectivity index (χ1v) is 4.83. The van der Waals surface area contributed by atoms with Gasteiger partial charge in [0.15, 0.2) is 6.79 Å². The number of rotatable bonds is 2. The third-order valence-electron chi connectivity index (χ3n) is 2.40. The Hall–Kier alpha value is -1.61. The number of aliphatic hydroxyl groups is 1. The van der Waals surface area contributed by atoms with Crippen molar-refractivity contribution in [1.29, 1.82) is 0 Å². The Balaban J connectivity index is 2.72. The molecule has 1 N–H and O–H groups in total. The van der Waals surface area contributed by atoms with Gasteiger partial charge in [0.1, 0.15) is 11.3 Å². The molecule has 0 saturated carbocycles. The van der Waals surface area contributed by atoms with E-state index in [-0.39, 0.29) is 6.79 Å². The van der Waals surface area contributed by atoms with Crippen LogP contribution in [0.5, 0.6) is 5.75 Å². The summed E-state index contributed by atoms with van der Waals surface area (Å²) < 4.78 is 5.12. The third kappa shape index (κ3) is 1.78. The number of ether oxygens (including phenoxy) is 1. The van der Waals surface area contributed by atoms with Gasteiger partial charge in [-0.1, -0.05) is 12.1 Å². The third-order valence-corrected chi connectivity index (χ3v) is 2.40. The maximum Gasteiger partial charge on any atom is 0.186 e. The molecule has 1 heterocycles. The van der Waals surface area contributed by atoms with E-state index in [9.17, 15) is 0 Å². The first kappa shape index (κ1) is 9.93. The number of nitrogens with zero attached hydrogens (tertiary/aromatic N) is 1. The van der Waals surface area contributed by atoms with E-state index in [1.54, 1.807) is 0 Å². The van der Waals surface area contributed by atoms with Crippen molar-refractivity contribution >= 4 is 10.9 Å². The van der Waals surface area contributed by atoms with Gasteiger partial charge < -0.3 is 9.84 Å². The molecule has 0 radical (unpaired) electrons. The molecule has 2 aromatic rings. The molecule has 0 amide bonds. The molecule has 0 aliphatic heterocycles. The molecule has 0 aliphatic carbocycles. The number of benzene rings is 1. The lowest BCUT2D eigenvalue weighted by molar-refractivity contribution is 0.0998. The highest BCUT2D eigenvalue weighted by Crippen LogP contribution is 2.26. The first-order chi connectivity index (χ1) is 7.22. The van der Waals surface area contributed by atoms with Gasteiger partial charge in [0.25, 0.3) is 0 Å². The quantitative estimate of drug-likeness (QED) is 0.761. The van der Waals surface area contributed by atoms with Crippen LogP contribution in [0.2, 0.25) is 0 Å². The van der Waals surface area contributed by atoms with Crippen molar-refractivity contribution in [3.63, 3.8) is 0 Å². The molecule has 78 valence electrons. The molecular weight excluding hydrogens is 190 g/mol. The second-order valence-electron chi connectivity index (χ2n) is 3.50. The Kier molecular flexibility index (Phi) is 2.56. The fourth-order valence-electron chi connectivity index (χ4n) is 1.62. The van der Waals surface area contributed by atoms with Crippen LogP contribution in [0.1, 0.15) is 11.3 Å². The van der Waals surface area contributed by atoms with Gasteiger partial charge in [0, 0.05) is 11.1 Å². The van der Waals surface area contributed by atoms with E-state index in [2.05, 4.69) is 4.98 Å². The lowest BCUT2D eigenvalue weighted by atomic mass is 10.1. The fourth-order valence-corrected chi connectivity index (χ4v) is 1.62. The average Bonchev–Trinajstić information content (AvgIpc) is 2.22. The van der Waals surface area contributed by atoms with Gasteiger partial charge in [-0.2, -0.15) is 0 Å². The van der Waals surface area contributed by atoms with Gasteiger partial charge in [0.05, 0.1) is 0 Å². The van der Waals surface area contributed by atoms with Gasteiger partial charge in [0.2, 0.25) is 0 Å². The molecule has 3 nitrogen and oxygen atoms in total. The number of hydrogen-bond acceptors (Lipinski definition) is 3. The van der Waals surface area contributed by atoms with E-state index in [4.69, 9.17) is 9.84 Å². The molecule has 0 spiro atoms. The largest absolute Gasteiger partial charge is 0.465 e. The first-order valence-electron chi connectivity index (χ1n) is 4.83. The van der Waals surface area contributed by atoms with Gasteiger partial charge in [-0.25, -0.2) is 4.98 Å². The van der Waals surface area contributed by atoms with Crippen LogP contribution >= 0.6 is 0 Å². The molecule has 3 heteroatoms. The van der Waals surface area contributed by atoms with Crippen LogP contribution in [0.15, 0.2) is 24.3 Å². The second-order valence-corrected chi connectivity index (χ2v) is 3.50. The molecule has 0 atom stereocenters. The van der Waals surface area contributed by atoms with Crippen LogP contribution < -0.4 is 4.74 Å². The van der Waals surface area contributed by atoms with Crippen LogP contribution in [-0.2, 0) is 0 Å². The number of pyridine rings is 1. The van der Waals surface area contributed by atoms with Crippen molar-refractivity contribution in [2.24, 2.45) is 0 Å². The number of fused-ring (bicyclic) bond motifs is 1. The molecule has 0 unspecified atom stereocenters. The number of aryl methyl sites for hydroxylation is 2. The van der Waals surface area contributed by atoms with E-state index >= 15 is 0 Å². The maximum atomic E-state index is 8.77. The minimum Gasteiger partial charge on any atom is -0.465 e. The highest BCUT2D eigenvalue weighted by atomic mass is 16.6. The summed E-state index contributed by atoms with van der Waals surface area (Å²) in [5.41, 5.74) is 2.91. The molecule has 1 aromatic heterocycles. The molecule has 0 fully saturated rings. The molecule has 15 heavy (non-hydrogen) atoms. The normalized spacial score (nSPS) is 10.6. The zero-order valence-electron chi connectivity index (χ0n) is 8.82. The highest BCUT2D eigenvalue weighted by Gasteiger charge is 2.05. The summed E-state index contributed by atoms with van der Waals surface area (Å²) in [7, 11) is 0. The zero-order valence-corrected chi connectivity index (χ0v) is 8.82. The monoisotopic (exact) mass is 203 g/mol. The van der Waals surface area contributed by atoms with Crippen LogP contribution in [0.25, 0.3) is 10.9 Å². The lowest BCUT2D eigenvalue weighted by Gasteiger charge is -2.08. The molecule has 2 rings (SSSR count). The Morgan fingerprint density at radius 2 is 2.00 bits per heavy atom. The standard InChI is InChI=1S/C12H13NO2/c1-8-3-6-11(15-7-14)12-10(8)5-4-9(2)13-12/h3-6,14H,7H2,1-2H3. The maximum absolute atomic E-state index is 8.77. The van der Waals surface area contributed by atoms with Gasteiger partial charge in [-0.3, -0.25) is 0 Å². The van der Waals surface area contributed by atoms with Crippen LogP contribution in [0, 0.1) is 13.8 Å². The molecule has 0 aliphatic rings. The zero-order chi connectivity index (χ0) is 10.8. The van der Waals surface area contributed by atoms with E-state index in [0.29, 0.717) is 5.75 Å². The molecule has 0 saturated heterocycles. The summed E-state index contributed by atoms with van der Waals surface area (Å²) in [6.45, 7) is 3.64. The summed E-state index contributed by atoms with van der Waals surface area (Å²) in [5, 5.41) is 9.83. The summed E-state index contributed by atoms with van der Waals surface area (Å²) >= 11 is 0. The van der Waals surface area contributed by atoms with Crippen molar-refractivity contribution in [2.45, 2.75) is 13.8 Å². The Morgan fingerprint density at radius 3 is 2.73 bits per heavy atom. The number of aromatic nitrogens is 1. The fraction of sp³-hybridized carbons (Fsp3) is 0.250. The predicted octanol–water partition coefficient (Wildman–Crippen LogP) is 2.18. The van der Waals surface area contributed by atoms with Crippen molar-refractivity contribution < 1.29 is 9.84 Å². The second kappa shape index (κ2) is 3.87. The molecule has 1 aromatic carbocycles. The predicted molar refractivity (Wildman–Crippen MR) is 58.9 cm³/mol. The summed E-state index contributed by atoms with van der Waals surface area (Å²) in [6, 6.07) is 7.79. The van der Waals surface area contributed by atoms with E-state index in [0.717, 1.165) is 22.2 Å². The smallest absolute Gasteiger partial charge is 0.186 e. The Labute approximate surface area is 88.3 Å². The topological polar surface area (TPSA) is 42.4 Å². The van der Waals surface area contributed by atoms with Crippen LogP contribution in [0.3, 0.4) is 0 Å². The van der Waals surface area contributed by atoms with Crippen molar-refractivity contribution in [2.75, 3.05) is 6.79 Å². The Bertz CT molecular complexity index is 494. The van der Waals surface area contributed by atoms with Crippen molar-refractivity contribution in [3.8, 4) is 5.75 Å². The minimum absolute atomic E-state index is 0.326. The van der Waals surface area contributed by atoms with Gasteiger partial charge in [-0.05, 0) is 31.5 Å². The Morgan fingerprint density at radius 1 is 1.20 bits per heavy atom. The van der Waals surface area contributed by atoms with E-state index in [1.165, 1.54) is 0 Å². The SMILES string of the molecule is Cc1ccc2c(C)ccc(OCO)c2n1. The molecular formula is C12H13NO2. The summed E-state index contributed by atoms with van der Waals surface area (Å²) in [6.07, 6.45) is 0. The van der Waals surface area contributed by atoms with Crippen molar-refractivity contribution in [1.82, 2.24) is 4.98 Å². The van der Waals surface area contributed by atoms with Gasteiger partial charge in [-0.15, -0.1) is 0 Å². The molecule has 0 bridgehead atoms. The summed E-state index contributed by atoms with van der Waals surface area (Å²) in [4.78, 5) is 4.42. The van der Waals surface area contributed by atoms with E-state index < -0.39 is 0 Å². The van der Waals surface area contributed by atoms with Crippen LogP contribution in [0.4, 0.5) is 0 Å². The number of hydrogen-bond donors (Lipinski definition) is 1. The highest BCUT2D eigenvalue weighted by molar-refractivity contribution is 5.87. The van der Waals surface area contributed by atoms with Crippen LogP contribution in [-0.4, -0.2) is 16.9 Å². The number of aliphatic hydroxyl groups excluding tert-OH is 1. The van der Waals surface area contributed by atoms with E-state index in [1.807, 2.05) is 38.1 Å². The van der Waals surface area contributed by atoms with Gasteiger partial charge >= 0.3 is 0 Å². The summed E-state index contributed by atoms with van der Waals surface area (Å²) in [5.74, 6) is 0.627. The van der Waals surface area contributed by atoms with Crippen molar-refractivity contribution in [3.05, 3.63) is 35.5 Å². The minimum atomic E-state index is -0.326. The average molecular weight is 203 g/mol.